The maximum absolute atomic E-state index is 11.9. The van der Waals surface area contributed by atoms with Gasteiger partial charge in [-0.1, -0.05) is 24.3 Å². The van der Waals surface area contributed by atoms with Crippen molar-refractivity contribution < 1.29 is 9.53 Å². The average molecular weight is 291 g/mol. The van der Waals surface area contributed by atoms with E-state index in [1.165, 1.54) is 7.11 Å². The fourth-order valence-electron chi connectivity index (χ4n) is 2.84. The van der Waals surface area contributed by atoms with E-state index >= 15 is 0 Å². The predicted molar refractivity (Wildman–Crippen MR) is 84.9 cm³/mol. The Bertz CT molecular complexity index is 1050. The van der Waals surface area contributed by atoms with E-state index in [4.69, 9.17) is 9.72 Å². The molecule has 108 valence electrons. The fraction of sp³-hybridized carbons (Fsp3) is 0.118. The molecule has 0 N–H and O–H groups in total. The third-order valence-corrected chi connectivity index (χ3v) is 3.92. The van der Waals surface area contributed by atoms with Gasteiger partial charge in [-0.15, -0.1) is 0 Å². The van der Waals surface area contributed by atoms with Gasteiger partial charge in [0.25, 0.3) is 0 Å². The largest absolute Gasteiger partial charge is 0.465 e. The van der Waals surface area contributed by atoms with E-state index in [9.17, 15) is 4.79 Å². The second kappa shape index (κ2) is 4.53. The van der Waals surface area contributed by atoms with Gasteiger partial charge < -0.3 is 9.30 Å². The summed E-state index contributed by atoms with van der Waals surface area (Å²) in [5, 5.41) is 1.02. The first kappa shape index (κ1) is 12.8. The summed E-state index contributed by atoms with van der Waals surface area (Å²) in [6, 6.07) is 13.4. The first-order valence-electron chi connectivity index (χ1n) is 6.93. The Balaban J connectivity index is 2.20. The standard InChI is InChI=1S/C17H13N3O2/c1-20-13-9-4-3-6-10(13)15-16(20)18-12-8-5-7-11(14(12)19-15)17(21)22-2/h3-9H,1-2H3. The van der Waals surface area contributed by atoms with Crippen LogP contribution in [0.25, 0.3) is 33.1 Å². The average Bonchev–Trinajstić information content (AvgIpc) is 2.84. The summed E-state index contributed by atoms with van der Waals surface area (Å²) in [6.07, 6.45) is 0. The molecule has 4 rings (SSSR count). The Labute approximate surface area is 126 Å². The second-order valence-corrected chi connectivity index (χ2v) is 5.14. The van der Waals surface area contributed by atoms with Gasteiger partial charge in [-0.25, -0.2) is 14.8 Å². The van der Waals surface area contributed by atoms with Crippen molar-refractivity contribution in [2.24, 2.45) is 7.05 Å². The summed E-state index contributed by atoms with van der Waals surface area (Å²) in [4.78, 5) is 21.3. The smallest absolute Gasteiger partial charge is 0.340 e. The number of methoxy groups -OCH3 is 1. The number of nitrogens with zero attached hydrogens (tertiary/aromatic N) is 3. The van der Waals surface area contributed by atoms with E-state index in [2.05, 4.69) is 4.98 Å². The quantitative estimate of drug-likeness (QED) is 0.506. The zero-order valence-electron chi connectivity index (χ0n) is 12.2. The van der Waals surface area contributed by atoms with Crippen molar-refractivity contribution in [1.82, 2.24) is 14.5 Å². The molecule has 5 nitrogen and oxygen atoms in total. The van der Waals surface area contributed by atoms with Crippen LogP contribution in [0.15, 0.2) is 42.5 Å². The molecule has 0 atom stereocenters. The summed E-state index contributed by atoms with van der Waals surface area (Å²) >= 11 is 0. The fourth-order valence-corrected chi connectivity index (χ4v) is 2.84. The molecule has 2 aromatic heterocycles. The molecule has 4 aromatic rings. The molecule has 2 heterocycles. The minimum absolute atomic E-state index is 0.403. The van der Waals surface area contributed by atoms with Gasteiger partial charge >= 0.3 is 5.97 Å². The number of aryl methyl sites for hydroxylation is 1. The first-order valence-corrected chi connectivity index (χ1v) is 6.93. The van der Waals surface area contributed by atoms with Crippen molar-refractivity contribution in [3.8, 4) is 0 Å². The SMILES string of the molecule is COC(=O)c1cccc2nc3c(nc12)c1ccccc1n3C. The summed E-state index contributed by atoms with van der Waals surface area (Å²) < 4.78 is 6.85. The highest BCUT2D eigenvalue weighted by atomic mass is 16.5. The minimum atomic E-state index is -0.403. The topological polar surface area (TPSA) is 57.0 Å². The number of carbonyl (C=O) groups is 1. The Hall–Kier alpha value is -2.95. The Kier molecular flexibility index (Phi) is 2.63. The first-order chi connectivity index (χ1) is 10.7. The Morgan fingerprint density at radius 2 is 1.86 bits per heavy atom. The molecule has 0 aliphatic heterocycles. The monoisotopic (exact) mass is 291 g/mol. The molecule has 2 aromatic carbocycles. The molecule has 5 heteroatoms. The highest BCUT2D eigenvalue weighted by molar-refractivity contribution is 6.09. The molecular weight excluding hydrogens is 278 g/mol. The van der Waals surface area contributed by atoms with Crippen LogP contribution in [0.2, 0.25) is 0 Å². The molecule has 0 aliphatic rings. The van der Waals surface area contributed by atoms with Crippen molar-refractivity contribution in [2.75, 3.05) is 7.11 Å². The van der Waals surface area contributed by atoms with Gasteiger partial charge in [0.1, 0.15) is 11.0 Å². The molecule has 0 saturated carbocycles. The minimum Gasteiger partial charge on any atom is -0.465 e. The van der Waals surface area contributed by atoms with E-state index in [1.54, 1.807) is 12.1 Å². The summed E-state index contributed by atoms with van der Waals surface area (Å²) in [5.74, 6) is -0.403. The van der Waals surface area contributed by atoms with Crippen LogP contribution < -0.4 is 0 Å². The number of para-hydroxylation sites is 2. The lowest BCUT2D eigenvalue weighted by Crippen LogP contribution is -2.04. The molecule has 0 fully saturated rings. The maximum Gasteiger partial charge on any atom is 0.340 e. The van der Waals surface area contributed by atoms with Gasteiger partial charge in [0.05, 0.1) is 23.7 Å². The summed E-state index contributed by atoms with van der Waals surface area (Å²) in [7, 11) is 3.33. The highest BCUT2D eigenvalue weighted by Gasteiger charge is 2.16. The van der Waals surface area contributed by atoms with Crippen LogP contribution in [0.5, 0.6) is 0 Å². The van der Waals surface area contributed by atoms with E-state index in [0.717, 1.165) is 22.1 Å². The summed E-state index contributed by atoms with van der Waals surface area (Å²) in [6.45, 7) is 0. The van der Waals surface area contributed by atoms with Crippen molar-refractivity contribution >= 4 is 39.1 Å². The molecule has 0 bridgehead atoms. The van der Waals surface area contributed by atoms with Crippen LogP contribution in [0.1, 0.15) is 10.4 Å². The van der Waals surface area contributed by atoms with Gasteiger partial charge in [0.15, 0.2) is 5.65 Å². The zero-order valence-corrected chi connectivity index (χ0v) is 12.2. The number of benzene rings is 2. The van der Waals surface area contributed by atoms with E-state index in [1.807, 2.05) is 41.9 Å². The Morgan fingerprint density at radius 1 is 1.05 bits per heavy atom. The zero-order chi connectivity index (χ0) is 15.3. The summed E-state index contributed by atoms with van der Waals surface area (Å²) in [5.41, 5.74) is 4.34. The molecular formula is C17H13N3O2. The van der Waals surface area contributed by atoms with Crippen LogP contribution in [-0.2, 0) is 11.8 Å². The number of fused-ring (bicyclic) bond motifs is 4. The van der Waals surface area contributed by atoms with Gasteiger partial charge in [0, 0.05) is 12.4 Å². The van der Waals surface area contributed by atoms with E-state index < -0.39 is 5.97 Å². The lowest BCUT2D eigenvalue weighted by Gasteiger charge is -2.04. The second-order valence-electron chi connectivity index (χ2n) is 5.14. The number of rotatable bonds is 1. The van der Waals surface area contributed by atoms with Gasteiger partial charge in [-0.2, -0.15) is 0 Å². The van der Waals surface area contributed by atoms with Crippen LogP contribution in [0.3, 0.4) is 0 Å². The van der Waals surface area contributed by atoms with Crippen LogP contribution >= 0.6 is 0 Å². The van der Waals surface area contributed by atoms with Crippen molar-refractivity contribution in [3.05, 3.63) is 48.0 Å². The van der Waals surface area contributed by atoms with Crippen LogP contribution in [-0.4, -0.2) is 27.6 Å². The van der Waals surface area contributed by atoms with E-state index in [-0.39, 0.29) is 0 Å². The lowest BCUT2D eigenvalue weighted by molar-refractivity contribution is 0.0603. The number of hydrogen-bond acceptors (Lipinski definition) is 4. The molecule has 22 heavy (non-hydrogen) atoms. The lowest BCUT2D eigenvalue weighted by atomic mass is 10.1. The van der Waals surface area contributed by atoms with Crippen LogP contribution in [0.4, 0.5) is 0 Å². The van der Waals surface area contributed by atoms with Gasteiger partial charge in [-0.3, -0.25) is 0 Å². The van der Waals surface area contributed by atoms with E-state index in [0.29, 0.717) is 16.6 Å². The normalized spacial score (nSPS) is 11.4. The number of hydrogen-bond donors (Lipinski definition) is 0. The van der Waals surface area contributed by atoms with Crippen LogP contribution in [0, 0.1) is 0 Å². The number of esters is 1. The van der Waals surface area contributed by atoms with Gasteiger partial charge in [-0.05, 0) is 18.2 Å². The third kappa shape index (κ3) is 1.62. The molecule has 0 aliphatic carbocycles. The number of ether oxygens (including phenoxy) is 1. The molecule has 0 unspecified atom stereocenters. The van der Waals surface area contributed by atoms with Crippen molar-refractivity contribution in [2.45, 2.75) is 0 Å². The molecule has 0 spiro atoms. The van der Waals surface area contributed by atoms with Crippen molar-refractivity contribution in [1.29, 1.82) is 0 Å². The number of carbonyl (C=O) groups excluding carboxylic acids is 1. The maximum atomic E-state index is 11.9. The Morgan fingerprint density at radius 3 is 2.68 bits per heavy atom. The van der Waals surface area contributed by atoms with Gasteiger partial charge in [0.2, 0.25) is 0 Å². The third-order valence-electron chi connectivity index (χ3n) is 3.92. The predicted octanol–water partition coefficient (Wildman–Crippen LogP) is 3.06. The molecule has 0 radical (unpaired) electrons. The highest BCUT2D eigenvalue weighted by Crippen LogP contribution is 2.28. The molecule has 0 amide bonds. The molecule has 0 saturated heterocycles. The number of aromatic nitrogens is 3. The van der Waals surface area contributed by atoms with Crippen molar-refractivity contribution in [3.63, 3.8) is 0 Å².